The Morgan fingerprint density at radius 3 is 2.69 bits per heavy atom. The van der Waals surface area contributed by atoms with Crippen LogP contribution in [0.2, 0.25) is 0 Å². The highest BCUT2D eigenvalue weighted by molar-refractivity contribution is 9.08. The van der Waals surface area contributed by atoms with Crippen molar-refractivity contribution < 1.29 is 13.9 Å². The lowest BCUT2D eigenvalue weighted by Crippen LogP contribution is -1.99. The number of hydrogen-bond acceptors (Lipinski definition) is 3. The van der Waals surface area contributed by atoms with Crippen molar-refractivity contribution in [1.29, 1.82) is 0 Å². The van der Waals surface area contributed by atoms with Crippen molar-refractivity contribution in [3.05, 3.63) is 17.5 Å². The number of aromatic hydroxyl groups is 1. The van der Waals surface area contributed by atoms with E-state index in [2.05, 4.69) is 20.9 Å². The second-order valence-corrected chi connectivity index (χ2v) is 2.93. The molecule has 0 aromatic carbocycles. The predicted octanol–water partition coefficient (Wildman–Crippen LogP) is 2.20. The second kappa shape index (κ2) is 3.87. The number of halogens is 3. The zero-order valence-electron chi connectivity index (χ0n) is 6.47. The highest BCUT2D eigenvalue weighted by Crippen LogP contribution is 2.31. The molecule has 3 nitrogen and oxygen atoms in total. The monoisotopic (exact) mass is 252 g/mol. The maximum atomic E-state index is 12.2. The number of nitrogens with two attached hydrogens (primary N) is 1. The van der Waals surface area contributed by atoms with Crippen LogP contribution in [0.3, 0.4) is 0 Å². The molecule has 0 fully saturated rings. The minimum Gasteiger partial charge on any atom is -0.504 e. The first kappa shape index (κ1) is 10.2. The number of aromatic nitrogens is 1. The summed E-state index contributed by atoms with van der Waals surface area (Å²) in [6.07, 6.45) is -2.82. The van der Waals surface area contributed by atoms with Crippen LogP contribution in [0.25, 0.3) is 0 Å². The van der Waals surface area contributed by atoms with Gasteiger partial charge in [0.25, 0.3) is 6.43 Å². The molecular weight excluding hydrogens is 246 g/mol. The van der Waals surface area contributed by atoms with Gasteiger partial charge in [-0.05, 0) is 6.07 Å². The molecule has 0 unspecified atom stereocenters. The van der Waals surface area contributed by atoms with Crippen LogP contribution >= 0.6 is 15.9 Å². The summed E-state index contributed by atoms with van der Waals surface area (Å²) in [5.41, 5.74) is 4.90. The summed E-state index contributed by atoms with van der Waals surface area (Å²) in [5, 5.41) is 9.42. The topological polar surface area (TPSA) is 59.1 Å². The molecule has 6 heteroatoms. The van der Waals surface area contributed by atoms with Crippen molar-refractivity contribution in [2.24, 2.45) is 0 Å². The normalized spacial score (nSPS) is 10.8. The van der Waals surface area contributed by atoms with Gasteiger partial charge in [0.2, 0.25) is 0 Å². The lowest BCUT2D eigenvalue weighted by molar-refractivity contribution is 0.142. The fraction of sp³-hybridized carbons (Fsp3) is 0.286. The number of nitrogens with zero attached hydrogens (tertiary/aromatic N) is 1. The van der Waals surface area contributed by atoms with E-state index in [0.29, 0.717) is 11.0 Å². The maximum absolute atomic E-state index is 12.2. The fourth-order valence-corrected chi connectivity index (χ4v) is 1.14. The van der Waals surface area contributed by atoms with E-state index >= 15 is 0 Å². The molecule has 0 saturated heterocycles. The number of hydrogen-bond donors (Lipinski definition) is 2. The zero-order valence-corrected chi connectivity index (χ0v) is 8.05. The van der Waals surface area contributed by atoms with Crippen molar-refractivity contribution in [3.63, 3.8) is 0 Å². The van der Waals surface area contributed by atoms with Crippen LogP contribution in [0.4, 0.5) is 14.5 Å². The van der Waals surface area contributed by atoms with Crippen molar-refractivity contribution in [3.8, 4) is 5.75 Å². The van der Waals surface area contributed by atoms with E-state index < -0.39 is 17.9 Å². The fourth-order valence-electron chi connectivity index (χ4n) is 0.856. The molecule has 0 aliphatic carbocycles. The molecular formula is C7H7BrF2N2O. The number of rotatable bonds is 2. The van der Waals surface area contributed by atoms with Crippen LogP contribution in [0.15, 0.2) is 6.07 Å². The van der Waals surface area contributed by atoms with Gasteiger partial charge in [-0.2, -0.15) is 0 Å². The smallest absolute Gasteiger partial charge is 0.284 e. The van der Waals surface area contributed by atoms with Crippen LogP contribution in [-0.2, 0) is 5.33 Å². The van der Waals surface area contributed by atoms with Crippen LogP contribution in [0, 0.1) is 0 Å². The molecule has 13 heavy (non-hydrogen) atoms. The number of anilines is 1. The molecule has 72 valence electrons. The lowest BCUT2D eigenvalue weighted by Gasteiger charge is -2.06. The van der Waals surface area contributed by atoms with Gasteiger partial charge in [-0.15, -0.1) is 0 Å². The standard InChI is InChI=1S/C7H7BrF2N2O/c8-2-3-1-4(11)6(13)5(12-3)7(9)10/h1,7,13H,2H2,(H2,11,12). The van der Waals surface area contributed by atoms with Gasteiger partial charge in [-0.1, -0.05) is 15.9 Å². The molecule has 1 rings (SSSR count). The SMILES string of the molecule is Nc1cc(CBr)nc(C(F)F)c1O. The third kappa shape index (κ3) is 2.06. The zero-order chi connectivity index (χ0) is 10.0. The Balaban J connectivity index is 3.25. The van der Waals surface area contributed by atoms with E-state index in [9.17, 15) is 8.78 Å². The maximum Gasteiger partial charge on any atom is 0.284 e. The average Bonchev–Trinajstić information content (AvgIpc) is 2.09. The Morgan fingerprint density at radius 2 is 2.23 bits per heavy atom. The van der Waals surface area contributed by atoms with Gasteiger partial charge in [0, 0.05) is 5.33 Å². The molecule has 0 aliphatic heterocycles. The summed E-state index contributed by atoms with van der Waals surface area (Å²) in [6, 6.07) is 1.34. The first-order valence-corrected chi connectivity index (χ1v) is 4.50. The minimum atomic E-state index is -2.82. The molecule has 1 aromatic heterocycles. The average molecular weight is 253 g/mol. The number of pyridine rings is 1. The van der Waals surface area contributed by atoms with Crippen molar-refractivity contribution in [2.75, 3.05) is 5.73 Å². The Labute approximate surface area is 81.7 Å². The Hall–Kier alpha value is -0.910. The quantitative estimate of drug-likeness (QED) is 0.794. The van der Waals surface area contributed by atoms with E-state index in [4.69, 9.17) is 10.8 Å². The van der Waals surface area contributed by atoms with Crippen molar-refractivity contribution in [1.82, 2.24) is 4.98 Å². The number of alkyl halides is 3. The Kier molecular flexibility index (Phi) is 3.02. The van der Waals surface area contributed by atoms with Crippen LogP contribution in [0.1, 0.15) is 17.8 Å². The van der Waals surface area contributed by atoms with E-state index in [-0.39, 0.29) is 5.69 Å². The Morgan fingerprint density at radius 1 is 1.62 bits per heavy atom. The molecule has 0 aliphatic rings. The van der Waals surface area contributed by atoms with Gasteiger partial charge in [0.05, 0.1) is 11.4 Å². The largest absolute Gasteiger partial charge is 0.504 e. The van der Waals surface area contributed by atoms with Crippen LogP contribution in [0.5, 0.6) is 5.75 Å². The van der Waals surface area contributed by atoms with E-state index in [1.807, 2.05) is 0 Å². The molecule has 1 aromatic rings. The first-order valence-electron chi connectivity index (χ1n) is 3.38. The summed E-state index contributed by atoms with van der Waals surface area (Å²) >= 11 is 3.05. The van der Waals surface area contributed by atoms with Crippen LogP contribution < -0.4 is 5.73 Å². The van der Waals surface area contributed by atoms with Crippen molar-refractivity contribution in [2.45, 2.75) is 11.8 Å². The molecule has 0 saturated carbocycles. The third-order valence-electron chi connectivity index (χ3n) is 1.45. The van der Waals surface area contributed by atoms with Gasteiger partial charge >= 0.3 is 0 Å². The minimum absolute atomic E-state index is 0.0836. The Bertz CT molecular complexity index is 320. The van der Waals surface area contributed by atoms with E-state index in [1.54, 1.807) is 0 Å². The second-order valence-electron chi connectivity index (χ2n) is 2.37. The molecule has 3 N–H and O–H groups in total. The molecule has 0 amide bonds. The highest BCUT2D eigenvalue weighted by Gasteiger charge is 2.17. The van der Waals surface area contributed by atoms with Gasteiger partial charge in [0.1, 0.15) is 0 Å². The van der Waals surface area contributed by atoms with Crippen LogP contribution in [-0.4, -0.2) is 10.1 Å². The highest BCUT2D eigenvalue weighted by atomic mass is 79.9. The molecule has 1 heterocycles. The van der Waals surface area contributed by atoms with Crippen molar-refractivity contribution >= 4 is 21.6 Å². The van der Waals surface area contributed by atoms with Gasteiger partial charge in [0.15, 0.2) is 11.4 Å². The molecule has 0 atom stereocenters. The van der Waals surface area contributed by atoms with E-state index in [0.717, 1.165) is 0 Å². The summed E-state index contributed by atoms with van der Waals surface area (Å²) in [7, 11) is 0. The predicted molar refractivity (Wildman–Crippen MR) is 47.9 cm³/mol. The summed E-state index contributed by atoms with van der Waals surface area (Å²) in [6.45, 7) is 0. The molecule has 0 bridgehead atoms. The van der Waals surface area contributed by atoms with E-state index in [1.165, 1.54) is 6.07 Å². The first-order chi connectivity index (χ1) is 6.06. The van der Waals surface area contributed by atoms with Gasteiger partial charge < -0.3 is 10.8 Å². The molecule has 0 radical (unpaired) electrons. The van der Waals surface area contributed by atoms with Gasteiger partial charge in [-0.25, -0.2) is 13.8 Å². The summed E-state index contributed by atoms with van der Waals surface area (Å²) in [5.74, 6) is -0.639. The van der Waals surface area contributed by atoms with Gasteiger partial charge in [-0.3, -0.25) is 0 Å². The molecule has 0 spiro atoms. The third-order valence-corrected chi connectivity index (χ3v) is 2.02. The lowest BCUT2D eigenvalue weighted by atomic mass is 10.2. The summed E-state index contributed by atoms with van der Waals surface area (Å²) in [4.78, 5) is 3.52. The summed E-state index contributed by atoms with van der Waals surface area (Å²) < 4.78 is 24.5. The number of nitrogen functional groups attached to an aromatic ring is 1.